The van der Waals surface area contributed by atoms with Gasteiger partial charge in [-0.25, -0.2) is 0 Å². The fraction of sp³-hybridized carbons (Fsp3) is 1.00. The lowest BCUT2D eigenvalue weighted by molar-refractivity contribution is 0.00672. The Balaban J connectivity index is 2.11. The lowest BCUT2D eigenvalue weighted by Gasteiger charge is -2.37. The molecule has 180 valence electrons. The molecule has 0 aromatic carbocycles. The van der Waals surface area contributed by atoms with Crippen molar-refractivity contribution in [2.24, 2.45) is 17.8 Å². The van der Waals surface area contributed by atoms with Crippen LogP contribution in [0.2, 0.25) is 0 Å². The Bertz CT molecular complexity index is 404. The average Bonchev–Trinajstić information content (AvgIpc) is 2.75. The first-order chi connectivity index (χ1) is 14.5. The Morgan fingerprint density at radius 2 is 1.53 bits per heavy atom. The van der Waals surface area contributed by atoms with Crippen LogP contribution in [0.3, 0.4) is 0 Å². The second-order valence-electron chi connectivity index (χ2n) is 8.54. The number of rotatable bonds is 18. The van der Waals surface area contributed by atoms with Gasteiger partial charge in [0.15, 0.2) is 0 Å². The quantitative estimate of drug-likeness (QED) is 0.228. The van der Waals surface area contributed by atoms with Crippen molar-refractivity contribution in [2.75, 3.05) is 56.9 Å². The van der Waals surface area contributed by atoms with Crippen molar-refractivity contribution in [3.63, 3.8) is 0 Å². The lowest BCUT2D eigenvalue weighted by atomic mass is 9.77. The predicted molar refractivity (Wildman–Crippen MR) is 126 cm³/mol. The highest BCUT2D eigenvalue weighted by Crippen LogP contribution is 2.40. The molecule has 1 saturated carbocycles. The van der Waals surface area contributed by atoms with Gasteiger partial charge in [0.2, 0.25) is 0 Å². The molecule has 8 heteroatoms. The molecule has 1 fully saturated rings. The third kappa shape index (κ3) is 13.1. The number of aliphatic hydroxyl groups excluding tert-OH is 4. The number of ether oxygens (including phenoxy) is 2. The molecule has 6 atom stereocenters. The second-order valence-corrected chi connectivity index (χ2v) is 11.0. The van der Waals surface area contributed by atoms with Crippen LogP contribution in [0, 0.1) is 17.8 Å². The van der Waals surface area contributed by atoms with Gasteiger partial charge in [0.25, 0.3) is 0 Å². The van der Waals surface area contributed by atoms with E-state index in [0.717, 1.165) is 47.4 Å². The Morgan fingerprint density at radius 3 is 2.13 bits per heavy atom. The largest absolute Gasteiger partial charge is 0.394 e. The molecular weight excluding hydrogens is 424 g/mol. The molecular formula is C22H44O6S2. The predicted octanol–water partition coefficient (Wildman–Crippen LogP) is 2.41. The van der Waals surface area contributed by atoms with Gasteiger partial charge in [-0.15, -0.1) is 0 Å². The summed E-state index contributed by atoms with van der Waals surface area (Å²) >= 11 is 4.08. The van der Waals surface area contributed by atoms with E-state index in [1.165, 1.54) is 25.0 Å². The zero-order valence-electron chi connectivity index (χ0n) is 18.8. The first kappa shape index (κ1) is 28.5. The maximum atomic E-state index is 9.27. The van der Waals surface area contributed by atoms with Gasteiger partial charge in [0.1, 0.15) is 12.2 Å². The average molecular weight is 469 g/mol. The van der Waals surface area contributed by atoms with E-state index in [1.807, 2.05) is 11.8 Å². The molecule has 30 heavy (non-hydrogen) atoms. The van der Waals surface area contributed by atoms with Gasteiger partial charge in [-0.05, 0) is 67.1 Å². The molecule has 0 bridgehead atoms. The van der Waals surface area contributed by atoms with Gasteiger partial charge >= 0.3 is 0 Å². The number of hydrogen-bond donors (Lipinski definition) is 4. The highest BCUT2D eigenvalue weighted by atomic mass is 32.2. The van der Waals surface area contributed by atoms with Crippen LogP contribution in [0.15, 0.2) is 0 Å². The normalized spacial score (nSPS) is 25.2. The van der Waals surface area contributed by atoms with E-state index in [0.29, 0.717) is 13.2 Å². The second kappa shape index (κ2) is 18.0. The van der Waals surface area contributed by atoms with Crippen LogP contribution in [0.1, 0.15) is 46.0 Å². The zero-order valence-corrected chi connectivity index (χ0v) is 20.4. The monoisotopic (exact) mass is 468 g/mol. The van der Waals surface area contributed by atoms with Gasteiger partial charge in [-0.3, -0.25) is 0 Å². The molecule has 1 rings (SSSR count). The molecule has 0 heterocycles. The highest BCUT2D eigenvalue weighted by molar-refractivity contribution is 8.00. The molecule has 6 nitrogen and oxygen atoms in total. The minimum atomic E-state index is -0.761. The Morgan fingerprint density at radius 1 is 0.933 bits per heavy atom. The van der Waals surface area contributed by atoms with Crippen LogP contribution in [0.4, 0.5) is 0 Å². The van der Waals surface area contributed by atoms with E-state index >= 15 is 0 Å². The molecule has 0 spiro atoms. The minimum Gasteiger partial charge on any atom is -0.394 e. The summed E-state index contributed by atoms with van der Waals surface area (Å²) < 4.78 is 10.8. The lowest BCUT2D eigenvalue weighted by Crippen LogP contribution is -2.30. The standard InChI is InChI=1S/C22H44O6S2/c1-17-5-6-19(11-22(17)30-10-4-8-28-15-21(26)13-24)18(2)16-29-9-3-7-27-14-20(25)12-23/h17-26H,3-16H2,1-2H3. The van der Waals surface area contributed by atoms with Crippen LogP contribution in [0.25, 0.3) is 0 Å². The van der Waals surface area contributed by atoms with E-state index in [1.54, 1.807) is 0 Å². The van der Waals surface area contributed by atoms with E-state index in [4.69, 9.17) is 19.7 Å². The van der Waals surface area contributed by atoms with Crippen molar-refractivity contribution < 1.29 is 29.9 Å². The molecule has 0 aliphatic heterocycles. The summed E-state index contributed by atoms with van der Waals surface area (Å²) in [5.41, 5.74) is 0. The van der Waals surface area contributed by atoms with Crippen molar-refractivity contribution in [3.8, 4) is 0 Å². The van der Waals surface area contributed by atoms with E-state index in [-0.39, 0.29) is 26.4 Å². The Labute approximate surface area is 191 Å². The van der Waals surface area contributed by atoms with Crippen LogP contribution in [-0.2, 0) is 9.47 Å². The third-order valence-electron chi connectivity index (χ3n) is 5.73. The van der Waals surface area contributed by atoms with Crippen molar-refractivity contribution in [2.45, 2.75) is 63.4 Å². The molecule has 1 aliphatic rings. The molecule has 4 N–H and O–H groups in total. The fourth-order valence-corrected chi connectivity index (χ4v) is 6.24. The van der Waals surface area contributed by atoms with Gasteiger partial charge in [0.05, 0.1) is 26.4 Å². The summed E-state index contributed by atoms with van der Waals surface area (Å²) in [6.07, 6.45) is 4.40. The summed E-state index contributed by atoms with van der Waals surface area (Å²) in [6, 6.07) is 0. The summed E-state index contributed by atoms with van der Waals surface area (Å²) in [7, 11) is 0. The maximum absolute atomic E-state index is 9.27. The Kier molecular flexibility index (Phi) is 17.0. The van der Waals surface area contributed by atoms with Crippen LogP contribution < -0.4 is 0 Å². The van der Waals surface area contributed by atoms with Crippen molar-refractivity contribution in [1.29, 1.82) is 0 Å². The van der Waals surface area contributed by atoms with Gasteiger partial charge in [-0.2, -0.15) is 23.5 Å². The topological polar surface area (TPSA) is 99.4 Å². The first-order valence-corrected chi connectivity index (χ1v) is 13.6. The maximum Gasteiger partial charge on any atom is 0.100 e. The van der Waals surface area contributed by atoms with Gasteiger partial charge in [0, 0.05) is 18.5 Å². The summed E-state index contributed by atoms with van der Waals surface area (Å²) in [5, 5.41) is 36.8. The molecule has 0 saturated heterocycles. The van der Waals surface area contributed by atoms with Crippen LogP contribution in [0.5, 0.6) is 0 Å². The van der Waals surface area contributed by atoms with E-state index in [2.05, 4.69) is 25.6 Å². The number of thioether (sulfide) groups is 2. The number of hydrogen-bond acceptors (Lipinski definition) is 8. The zero-order chi connectivity index (χ0) is 22.2. The highest BCUT2D eigenvalue weighted by Gasteiger charge is 2.30. The summed E-state index contributed by atoms with van der Waals surface area (Å²) in [6.45, 7) is 6.01. The first-order valence-electron chi connectivity index (χ1n) is 11.4. The van der Waals surface area contributed by atoms with Gasteiger partial charge in [-0.1, -0.05) is 13.8 Å². The molecule has 0 amide bonds. The molecule has 0 aromatic heterocycles. The SMILES string of the molecule is CC(CSCCCOCC(O)CO)C1CCC(C)C(SCCCOCC(O)CO)C1. The summed E-state index contributed by atoms with van der Waals surface area (Å²) in [5.74, 6) is 5.66. The van der Waals surface area contributed by atoms with Gasteiger partial charge < -0.3 is 29.9 Å². The molecule has 6 unspecified atom stereocenters. The molecule has 0 radical (unpaired) electrons. The van der Waals surface area contributed by atoms with Crippen molar-refractivity contribution in [3.05, 3.63) is 0 Å². The third-order valence-corrected chi connectivity index (χ3v) is 8.68. The number of aliphatic hydroxyl groups is 4. The Hall–Kier alpha value is 0.460. The molecule has 1 aliphatic carbocycles. The van der Waals surface area contributed by atoms with Crippen molar-refractivity contribution in [1.82, 2.24) is 0 Å². The van der Waals surface area contributed by atoms with Crippen LogP contribution in [-0.4, -0.2) is 94.8 Å². The van der Waals surface area contributed by atoms with Crippen LogP contribution >= 0.6 is 23.5 Å². The molecule has 0 aromatic rings. The smallest absolute Gasteiger partial charge is 0.100 e. The van der Waals surface area contributed by atoms with Crippen molar-refractivity contribution >= 4 is 23.5 Å². The summed E-state index contributed by atoms with van der Waals surface area (Å²) in [4.78, 5) is 0. The van der Waals surface area contributed by atoms with E-state index < -0.39 is 12.2 Å². The van der Waals surface area contributed by atoms with E-state index in [9.17, 15) is 10.2 Å². The fourth-order valence-electron chi connectivity index (χ4n) is 3.67. The minimum absolute atomic E-state index is 0.216.